The van der Waals surface area contributed by atoms with Crippen molar-refractivity contribution in [2.24, 2.45) is 5.41 Å². The van der Waals surface area contributed by atoms with Gasteiger partial charge in [-0.05, 0) is 28.1 Å². The van der Waals surface area contributed by atoms with Gasteiger partial charge in [0.25, 0.3) is 0 Å². The summed E-state index contributed by atoms with van der Waals surface area (Å²) in [5.74, 6) is 0.432. The third kappa shape index (κ3) is 4.27. The lowest BCUT2D eigenvalue weighted by molar-refractivity contribution is -0.120. The average Bonchev–Trinajstić information content (AvgIpc) is 3.07. The Labute approximate surface area is 159 Å². The number of pyridine rings is 1. The fraction of sp³-hybridized carbons (Fsp3) is 0.500. The minimum Gasteiger partial charge on any atom is -0.476 e. The monoisotopic (exact) mass is 424 g/mol. The molecule has 1 fully saturated rings. The molecule has 134 valence electrons. The second kappa shape index (κ2) is 7.13. The van der Waals surface area contributed by atoms with Gasteiger partial charge in [0.1, 0.15) is 5.69 Å². The molecule has 0 aliphatic carbocycles. The lowest BCUT2D eigenvalue weighted by atomic mass is 9.87. The number of rotatable bonds is 7. The van der Waals surface area contributed by atoms with Crippen molar-refractivity contribution < 1.29 is 14.3 Å². The van der Waals surface area contributed by atoms with E-state index in [0.717, 1.165) is 9.48 Å². The van der Waals surface area contributed by atoms with Crippen molar-refractivity contribution >= 4 is 33.0 Å². The van der Waals surface area contributed by atoms with Gasteiger partial charge in [-0.3, -0.25) is 4.79 Å². The predicted molar refractivity (Wildman–Crippen MR) is 100 cm³/mol. The first kappa shape index (κ1) is 18.5. The number of carbonyl (C=O) groups is 1. The highest BCUT2D eigenvalue weighted by molar-refractivity contribution is 9.10. The van der Waals surface area contributed by atoms with E-state index in [0.29, 0.717) is 37.8 Å². The second-order valence-corrected chi connectivity index (χ2v) is 9.15. The molecule has 2 aromatic rings. The van der Waals surface area contributed by atoms with Crippen molar-refractivity contribution in [2.75, 3.05) is 19.8 Å². The van der Waals surface area contributed by atoms with Crippen LogP contribution in [0.25, 0.3) is 0 Å². The Balaban J connectivity index is 1.71. The van der Waals surface area contributed by atoms with Gasteiger partial charge in [0.15, 0.2) is 5.78 Å². The molecule has 25 heavy (non-hydrogen) atoms. The number of halogens is 1. The average molecular weight is 425 g/mol. The fourth-order valence-corrected chi connectivity index (χ4v) is 3.68. The Bertz CT molecular complexity index is 758. The van der Waals surface area contributed by atoms with E-state index in [1.54, 1.807) is 23.6 Å². The number of Topliss-reactive ketones (excluding diaryl/α,β-unsaturated/α-hetero) is 1. The van der Waals surface area contributed by atoms with E-state index in [1.807, 2.05) is 25.3 Å². The molecule has 0 amide bonds. The molecular weight excluding hydrogens is 404 g/mol. The van der Waals surface area contributed by atoms with Gasteiger partial charge in [0.2, 0.25) is 5.88 Å². The van der Waals surface area contributed by atoms with Crippen molar-refractivity contribution in [1.82, 2.24) is 9.97 Å². The summed E-state index contributed by atoms with van der Waals surface area (Å²) >= 11 is 5.01. The van der Waals surface area contributed by atoms with Crippen LogP contribution >= 0.6 is 27.3 Å². The smallest absolute Gasteiger partial charge is 0.228 e. The first-order valence-electron chi connectivity index (χ1n) is 8.09. The van der Waals surface area contributed by atoms with Crippen LogP contribution in [0.4, 0.5) is 0 Å². The molecule has 1 saturated heterocycles. The van der Waals surface area contributed by atoms with E-state index in [2.05, 4.69) is 32.8 Å². The number of ketones is 1. The summed E-state index contributed by atoms with van der Waals surface area (Å²) in [7, 11) is 0. The van der Waals surface area contributed by atoms with Gasteiger partial charge in [-0.2, -0.15) is 0 Å². The normalized spacial score (nSPS) is 16.3. The molecule has 0 aromatic carbocycles. The van der Waals surface area contributed by atoms with Crippen LogP contribution in [0.3, 0.4) is 0 Å². The Kier molecular flexibility index (Phi) is 5.27. The van der Waals surface area contributed by atoms with Crippen LogP contribution in [-0.2, 0) is 10.2 Å². The molecule has 1 aliphatic heterocycles. The number of aromatic nitrogens is 2. The van der Waals surface area contributed by atoms with Crippen LogP contribution in [0.1, 0.15) is 42.7 Å². The number of hydrogen-bond acceptors (Lipinski definition) is 6. The number of ether oxygens (including phenoxy) is 2. The summed E-state index contributed by atoms with van der Waals surface area (Å²) in [4.78, 5) is 21.5. The predicted octanol–water partition coefficient (Wildman–Crippen LogP) is 4.27. The van der Waals surface area contributed by atoms with Gasteiger partial charge in [-0.15, -0.1) is 11.3 Å². The van der Waals surface area contributed by atoms with E-state index in [-0.39, 0.29) is 16.6 Å². The van der Waals surface area contributed by atoms with Crippen LogP contribution in [-0.4, -0.2) is 35.6 Å². The zero-order valence-corrected chi connectivity index (χ0v) is 16.9. The standard InChI is InChI=1S/C18H21BrN2O3S/c1-17(2,16-20-6-7-25-16)8-14(22)13-5-4-12(19)15(21-13)24-11-18(3)9-23-10-18/h4-7H,8-11H2,1-3H3. The lowest BCUT2D eigenvalue weighted by Crippen LogP contribution is -2.44. The summed E-state index contributed by atoms with van der Waals surface area (Å²) in [5, 5.41) is 2.88. The fourth-order valence-electron chi connectivity index (χ4n) is 2.58. The zero-order valence-electron chi connectivity index (χ0n) is 14.5. The Hall–Kier alpha value is -1.31. The number of hydrogen-bond donors (Lipinski definition) is 0. The molecule has 0 N–H and O–H groups in total. The van der Waals surface area contributed by atoms with Gasteiger partial charge in [0.05, 0.1) is 29.3 Å². The summed E-state index contributed by atoms with van der Waals surface area (Å²) in [6.45, 7) is 8.04. The summed E-state index contributed by atoms with van der Waals surface area (Å²) in [5.41, 5.74) is 0.115. The molecule has 3 rings (SSSR count). The highest BCUT2D eigenvalue weighted by Crippen LogP contribution is 2.32. The minimum absolute atomic E-state index is 0.0178. The van der Waals surface area contributed by atoms with E-state index in [1.165, 1.54) is 0 Å². The first-order valence-corrected chi connectivity index (χ1v) is 9.77. The Morgan fingerprint density at radius 3 is 2.80 bits per heavy atom. The maximum Gasteiger partial charge on any atom is 0.228 e. The highest BCUT2D eigenvalue weighted by Gasteiger charge is 2.34. The Morgan fingerprint density at radius 1 is 1.44 bits per heavy atom. The van der Waals surface area contributed by atoms with Gasteiger partial charge in [-0.25, -0.2) is 9.97 Å². The largest absolute Gasteiger partial charge is 0.476 e. The van der Waals surface area contributed by atoms with Gasteiger partial charge in [-0.1, -0.05) is 20.8 Å². The molecule has 0 bridgehead atoms. The number of thiazole rings is 1. The molecule has 0 atom stereocenters. The molecule has 3 heterocycles. The van der Waals surface area contributed by atoms with Crippen LogP contribution in [0.5, 0.6) is 5.88 Å². The molecular formula is C18H21BrN2O3S. The maximum atomic E-state index is 12.7. The molecule has 1 aliphatic rings. The SMILES string of the molecule is CC1(COc2nc(C(=O)CC(C)(C)c3nccs3)ccc2Br)COC1. The molecule has 0 radical (unpaired) electrons. The molecule has 2 aromatic heterocycles. The van der Waals surface area contributed by atoms with Crippen molar-refractivity contribution in [1.29, 1.82) is 0 Å². The van der Waals surface area contributed by atoms with E-state index in [9.17, 15) is 4.79 Å². The molecule has 0 spiro atoms. The number of carbonyl (C=O) groups excluding carboxylic acids is 1. The quantitative estimate of drug-likeness (QED) is 0.621. The van der Waals surface area contributed by atoms with E-state index >= 15 is 0 Å². The molecule has 0 saturated carbocycles. The molecule has 0 unspecified atom stereocenters. The maximum absolute atomic E-state index is 12.7. The third-order valence-corrected chi connectivity index (χ3v) is 5.91. The van der Waals surface area contributed by atoms with Crippen LogP contribution < -0.4 is 4.74 Å². The van der Waals surface area contributed by atoms with Gasteiger partial charge in [0, 0.05) is 28.8 Å². The summed E-state index contributed by atoms with van der Waals surface area (Å²) < 4.78 is 11.8. The van der Waals surface area contributed by atoms with Gasteiger partial charge < -0.3 is 9.47 Å². The van der Waals surface area contributed by atoms with Crippen LogP contribution in [0.15, 0.2) is 28.2 Å². The summed E-state index contributed by atoms with van der Waals surface area (Å²) in [6.07, 6.45) is 2.11. The van der Waals surface area contributed by atoms with E-state index < -0.39 is 0 Å². The highest BCUT2D eigenvalue weighted by atomic mass is 79.9. The van der Waals surface area contributed by atoms with Crippen molar-refractivity contribution in [3.05, 3.63) is 38.9 Å². The second-order valence-electron chi connectivity index (χ2n) is 7.40. The lowest BCUT2D eigenvalue weighted by Gasteiger charge is -2.37. The molecule has 5 nitrogen and oxygen atoms in total. The minimum atomic E-state index is -0.322. The zero-order chi connectivity index (χ0) is 18.1. The number of nitrogens with zero attached hydrogens (tertiary/aromatic N) is 2. The van der Waals surface area contributed by atoms with Crippen molar-refractivity contribution in [3.8, 4) is 5.88 Å². The first-order chi connectivity index (χ1) is 11.8. The van der Waals surface area contributed by atoms with Gasteiger partial charge >= 0.3 is 0 Å². The summed E-state index contributed by atoms with van der Waals surface area (Å²) in [6, 6.07) is 3.54. The molecule has 7 heteroatoms. The topological polar surface area (TPSA) is 61.3 Å². The van der Waals surface area contributed by atoms with Crippen molar-refractivity contribution in [3.63, 3.8) is 0 Å². The van der Waals surface area contributed by atoms with Crippen LogP contribution in [0, 0.1) is 5.41 Å². The third-order valence-electron chi connectivity index (χ3n) is 4.17. The Morgan fingerprint density at radius 2 is 2.20 bits per heavy atom. The van der Waals surface area contributed by atoms with Crippen molar-refractivity contribution in [2.45, 2.75) is 32.6 Å². The van der Waals surface area contributed by atoms with Crippen LogP contribution in [0.2, 0.25) is 0 Å². The van der Waals surface area contributed by atoms with E-state index in [4.69, 9.17) is 9.47 Å².